The fourth-order valence-electron chi connectivity index (χ4n) is 3.28. The number of hydrogen-bond donors (Lipinski definition) is 1. The van der Waals surface area contributed by atoms with Gasteiger partial charge in [0, 0.05) is 5.56 Å². The number of alkyl halides is 6. The summed E-state index contributed by atoms with van der Waals surface area (Å²) < 4.78 is 90.4. The molecule has 1 N–H and O–H groups in total. The number of esters is 1. The lowest BCUT2D eigenvalue weighted by Gasteiger charge is -2.28. The summed E-state index contributed by atoms with van der Waals surface area (Å²) in [5, 5.41) is 24.6. The van der Waals surface area contributed by atoms with Gasteiger partial charge in [0.25, 0.3) is 6.79 Å². The van der Waals surface area contributed by atoms with Crippen LogP contribution >= 0.6 is 0 Å². The van der Waals surface area contributed by atoms with Crippen LogP contribution in [0.1, 0.15) is 18.4 Å². The lowest BCUT2D eigenvalue weighted by Crippen LogP contribution is -2.41. The van der Waals surface area contributed by atoms with E-state index in [4.69, 9.17) is 9.84 Å². The predicted molar refractivity (Wildman–Crippen MR) is 97.0 cm³/mol. The molecular weight excluding hydrogens is 500 g/mol. The van der Waals surface area contributed by atoms with Crippen LogP contribution in [0, 0.1) is 5.21 Å². The Balaban J connectivity index is 1.71. The number of aliphatic carboxylic acids is 1. The maximum Gasteiger partial charge on any atom is 0.573 e. The molecule has 0 aliphatic carbocycles. The van der Waals surface area contributed by atoms with E-state index in [0.29, 0.717) is 18.6 Å². The van der Waals surface area contributed by atoms with Crippen LogP contribution in [-0.4, -0.2) is 65.0 Å². The molecule has 2 atom stereocenters. The van der Waals surface area contributed by atoms with E-state index < -0.39 is 60.5 Å². The molecule has 2 aliphatic rings. The molecule has 2 aliphatic heterocycles. The first kappa shape index (κ1) is 25.7. The van der Waals surface area contributed by atoms with Gasteiger partial charge in [-0.05, 0) is 37.1 Å². The Labute approximate surface area is 191 Å². The number of fused-ring (bicyclic) bond motifs is 1. The molecule has 0 spiro atoms. The van der Waals surface area contributed by atoms with E-state index in [1.54, 1.807) is 0 Å². The normalized spacial score (nSPS) is 20.5. The molecule has 11 nitrogen and oxygen atoms in total. The van der Waals surface area contributed by atoms with E-state index in [1.165, 1.54) is 0 Å². The van der Waals surface area contributed by atoms with E-state index >= 15 is 0 Å². The maximum atomic E-state index is 13.4. The Morgan fingerprint density at radius 1 is 1.26 bits per heavy atom. The monoisotopic (exact) mass is 515 g/mol. The molecule has 0 amide bonds. The molecule has 2 heterocycles. The van der Waals surface area contributed by atoms with E-state index in [0.717, 1.165) is 17.1 Å². The van der Waals surface area contributed by atoms with Crippen LogP contribution in [0.3, 0.4) is 0 Å². The molecule has 17 heteroatoms. The first-order valence-corrected chi connectivity index (χ1v) is 9.57. The van der Waals surface area contributed by atoms with Crippen molar-refractivity contribution in [3.8, 4) is 11.5 Å². The smallest absolute Gasteiger partial charge is 0.569 e. The van der Waals surface area contributed by atoms with Gasteiger partial charge in [-0.3, -0.25) is 0 Å². The third kappa shape index (κ3) is 6.36. The van der Waals surface area contributed by atoms with Crippen molar-refractivity contribution in [3.05, 3.63) is 34.5 Å². The average Bonchev–Trinajstić information content (AvgIpc) is 3.24. The van der Waals surface area contributed by atoms with Crippen molar-refractivity contribution in [2.75, 3.05) is 13.3 Å². The summed E-state index contributed by atoms with van der Waals surface area (Å²) in [6.45, 7) is -1.10. The summed E-state index contributed by atoms with van der Waals surface area (Å²) in [5.41, 5.74) is -1.45. The molecule has 1 fully saturated rings. The zero-order valence-corrected chi connectivity index (χ0v) is 17.2. The number of hydrazine groups is 1. The van der Waals surface area contributed by atoms with E-state index in [-0.39, 0.29) is 23.5 Å². The zero-order chi connectivity index (χ0) is 26.0. The van der Waals surface area contributed by atoms with Gasteiger partial charge in [-0.1, -0.05) is 0 Å². The third-order valence-electron chi connectivity index (χ3n) is 4.69. The van der Waals surface area contributed by atoms with Gasteiger partial charge in [-0.2, -0.15) is 13.2 Å². The van der Waals surface area contributed by atoms with E-state index in [9.17, 15) is 41.1 Å². The predicted octanol–water partition coefficient (Wildman–Crippen LogP) is 3.15. The van der Waals surface area contributed by atoms with Gasteiger partial charge in [0.15, 0.2) is 6.04 Å². The second kappa shape index (κ2) is 9.75. The summed E-state index contributed by atoms with van der Waals surface area (Å²) in [7, 11) is 0. The molecule has 35 heavy (non-hydrogen) atoms. The number of carbonyl (C=O) groups excluding carboxylic acids is 1. The quantitative estimate of drug-likeness (QED) is 0.111. The molecule has 1 saturated heterocycles. The van der Waals surface area contributed by atoms with Gasteiger partial charge in [-0.25, -0.2) is 9.59 Å². The van der Waals surface area contributed by atoms with Gasteiger partial charge in [0.1, 0.15) is 11.5 Å². The van der Waals surface area contributed by atoms with Gasteiger partial charge in [0.05, 0.1) is 17.1 Å². The highest BCUT2D eigenvalue weighted by molar-refractivity contribution is 5.96. The number of benzene rings is 1. The third-order valence-corrected chi connectivity index (χ3v) is 4.69. The Kier molecular flexibility index (Phi) is 7.16. The molecule has 0 radical (unpaired) electrons. The Hall–Kier alpha value is -3.92. The summed E-state index contributed by atoms with van der Waals surface area (Å²) in [6, 6.07) is 1.09. The van der Waals surface area contributed by atoms with Gasteiger partial charge in [-0.15, -0.1) is 18.2 Å². The SMILES string of the molecule is O=C(OCO/N=[N+](/[O-])N1CCC[C@H]1C(=O)O)C1=Cc2cc(OC(F)(F)F)ccc2O[C@@H]1C(F)(F)F. The van der Waals surface area contributed by atoms with Crippen molar-refractivity contribution in [1.82, 2.24) is 5.01 Å². The maximum absolute atomic E-state index is 13.4. The lowest BCUT2D eigenvalue weighted by atomic mass is 10.0. The number of carboxylic acids is 1. The molecule has 0 aromatic heterocycles. The Morgan fingerprint density at radius 2 is 1.97 bits per heavy atom. The van der Waals surface area contributed by atoms with E-state index in [1.807, 2.05) is 0 Å². The van der Waals surface area contributed by atoms with Gasteiger partial charge >= 0.3 is 24.5 Å². The molecule has 0 bridgehead atoms. The standard InChI is InChI=1S/C18H15F6N3O8/c19-17(20,21)14-11(7-9-6-10(35-18(22,23)24)3-4-13(9)34-14)16(30)32-8-33-25-27(31)26-5-1-2-12(26)15(28)29/h3-4,6-7,12,14H,1-2,5,8H2,(H,28,29)/b27-25+/t12-,14-/m0/s1. The summed E-state index contributed by atoms with van der Waals surface area (Å²) in [6.07, 6.45) is -11.8. The van der Waals surface area contributed by atoms with Crippen LogP contribution in [0.15, 0.2) is 29.0 Å². The number of rotatable bonds is 7. The first-order chi connectivity index (χ1) is 16.3. The van der Waals surface area contributed by atoms with Crippen LogP contribution in [0.5, 0.6) is 11.5 Å². The second-order valence-corrected chi connectivity index (χ2v) is 7.06. The van der Waals surface area contributed by atoms with E-state index in [2.05, 4.69) is 19.6 Å². The van der Waals surface area contributed by atoms with Crippen molar-refractivity contribution in [3.63, 3.8) is 0 Å². The average molecular weight is 515 g/mol. The molecule has 1 aromatic carbocycles. The molecule has 192 valence electrons. The van der Waals surface area contributed by atoms with Crippen molar-refractivity contribution >= 4 is 18.0 Å². The number of halogens is 6. The van der Waals surface area contributed by atoms with Crippen molar-refractivity contribution in [2.45, 2.75) is 37.5 Å². The van der Waals surface area contributed by atoms with Gasteiger partial charge < -0.3 is 29.4 Å². The Bertz CT molecular complexity index is 1040. The highest BCUT2D eigenvalue weighted by atomic mass is 19.4. The highest BCUT2D eigenvalue weighted by Crippen LogP contribution is 2.39. The number of hydrogen-bond acceptors (Lipinski definition) is 8. The molecular formula is C18H15F6N3O8. The summed E-state index contributed by atoms with van der Waals surface area (Å²) >= 11 is 0. The number of ether oxygens (including phenoxy) is 3. The minimum atomic E-state index is -5.11. The second-order valence-electron chi connectivity index (χ2n) is 7.06. The molecule has 0 unspecified atom stereocenters. The van der Waals surface area contributed by atoms with Crippen LogP contribution in [0.25, 0.3) is 6.08 Å². The minimum Gasteiger partial charge on any atom is -0.569 e. The minimum absolute atomic E-state index is 0.0457. The molecule has 3 rings (SSSR count). The topological polar surface area (TPSA) is 133 Å². The van der Waals surface area contributed by atoms with Crippen molar-refractivity contribution in [1.29, 1.82) is 0 Å². The fraction of sp³-hybridized carbons (Fsp3) is 0.444. The van der Waals surface area contributed by atoms with Crippen LogP contribution in [0.2, 0.25) is 0 Å². The summed E-state index contributed by atoms with van der Waals surface area (Å²) in [4.78, 5) is 27.5. The fourth-order valence-corrected chi connectivity index (χ4v) is 3.28. The number of nitrogens with zero attached hydrogens (tertiary/aromatic N) is 3. The largest absolute Gasteiger partial charge is 0.573 e. The highest BCUT2D eigenvalue weighted by Gasteiger charge is 2.49. The lowest BCUT2D eigenvalue weighted by molar-refractivity contribution is -0.712. The molecule has 0 saturated carbocycles. The molecule has 1 aromatic rings. The van der Waals surface area contributed by atoms with Crippen LogP contribution in [0.4, 0.5) is 26.3 Å². The van der Waals surface area contributed by atoms with Gasteiger partial charge in [0.2, 0.25) is 11.4 Å². The summed E-state index contributed by atoms with van der Waals surface area (Å²) in [5.74, 6) is -4.15. The number of carboxylic acid groups (broad SMARTS) is 1. The number of carbonyl (C=O) groups is 2. The Morgan fingerprint density at radius 3 is 2.60 bits per heavy atom. The van der Waals surface area contributed by atoms with Crippen LogP contribution in [-0.2, 0) is 19.2 Å². The van der Waals surface area contributed by atoms with Crippen molar-refractivity contribution < 1.29 is 65.1 Å². The van der Waals surface area contributed by atoms with Crippen molar-refractivity contribution in [2.24, 2.45) is 5.28 Å². The zero-order valence-electron chi connectivity index (χ0n) is 17.2. The first-order valence-electron chi connectivity index (χ1n) is 9.57. The van der Waals surface area contributed by atoms with Crippen LogP contribution < -0.4 is 9.47 Å².